The fourth-order valence-corrected chi connectivity index (χ4v) is 2.42. The summed E-state index contributed by atoms with van der Waals surface area (Å²) in [7, 11) is 0. The summed E-state index contributed by atoms with van der Waals surface area (Å²) in [5.41, 5.74) is 7.11. The smallest absolute Gasteiger partial charge is 0.337 e. The van der Waals surface area contributed by atoms with Crippen LogP contribution >= 0.6 is 0 Å². The van der Waals surface area contributed by atoms with Crippen molar-refractivity contribution in [2.75, 3.05) is 43.4 Å². The molecule has 0 aromatic heterocycles. The van der Waals surface area contributed by atoms with E-state index in [-0.39, 0.29) is 5.56 Å². The largest absolute Gasteiger partial charge is 0.478 e. The minimum Gasteiger partial charge on any atom is -0.478 e. The van der Waals surface area contributed by atoms with Gasteiger partial charge >= 0.3 is 5.97 Å². The summed E-state index contributed by atoms with van der Waals surface area (Å²) in [6.07, 6.45) is 1.06. The SMILES string of the molecule is CCN(CC)CCCN(CC)c1ccc(N)c(C(=O)O)c1. The first-order chi connectivity index (χ1) is 10.0. The number of rotatable bonds is 9. The van der Waals surface area contributed by atoms with Crippen LogP contribution in [0.3, 0.4) is 0 Å². The number of nitrogens with two attached hydrogens (primary N) is 1. The number of nitrogen functional groups attached to an aromatic ring is 1. The van der Waals surface area contributed by atoms with Crippen molar-refractivity contribution in [2.45, 2.75) is 27.2 Å². The Morgan fingerprint density at radius 3 is 2.33 bits per heavy atom. The Morgan fingerprint density at radius 2 is 1.81 bits per heavy atom. The van der Waals surface area contributed by atoms with Crippen molar-refractivity contribution in [3.8, 4) is 0 Å². The van der Waals surface area contributed by atoms with E-state index in [0.717, 1.165) is 44.8 Å². The molecule has 5 heteroatoms. The minimum atomic E-state index is -0.978. The van der Waals surface area contributed by atoms with Crippen LogP contribution in [0.5, 0.6) is 0 Å². The predicted molar refractivity (Wildman–Crippen MR) is 88.1 cm³/mol. The zero-order valence-electron chi connectivity index (χ0n) is 13.3. The van der Waals surface area contributed by atoms with Crippen LogP contribution in [0, 0.1) is 0 Å². The highest BCUT2D eigenvalue weighted by Gasteiger charge is 2.12. The second-order valence-corrected chi connectivity index (χ2v) is 5.04. The third-order valence-electron chi connectivity index (χ3n) is 3.81. The number of benzene rings is 1. The zero-order chi connectivity index (χ0) is 15.8. The molecule has 1 aromatic rings. The van der Waals surface area contributed by atoms with Crippen LogP contribution in [0.25, 0.3) is 0 Å². The van der Waals surface area contributed by atoms with Crippen LogP contribution < -0.4 is 10.6 Å². The molecule has 3 N–H and O–H groups in total. The molecule has 0 bridgehead atoms. The molecule has 5 nitrogen and oxygen atoms in total. The van der Waals surface area contributed by atoms with Gasteiger partial charge in [0.25, 0.3) is 0 Å². The van der Waals surface area contributed by atoms with Crippen molar-refractivity contribution in [3.05, 3.63) is 23.8 Å². The molecule has 0 spiro atoms. The highest BCUT2D eigenvalue weighted by Crippen LogP contribution is 2.21. The number of hydrogen-bond donors (Lipinski definition) is 2. The number of aromatic carboxylic acids is 1. The van der Waals surface area contributed by atoms with Gasteiger partial charge in [-0.15, -0.1) is 0 Å². The average Bonchev–Trinajstić information content (AvgIpc) is 2.48. The molecule has 118 valence electrons. The Labute approximate surface area is 127 Å². The molecule has 1 rings (SSSR count). The van der Waals surface area contributed by atoms with E-state index in [1.54, 1.807) is 12.1 Å². The Hall–Kier alpha value is -1.75. The summed E-state index contributed by atoms with van der Waals surface area (Å²) in [4.78, 5) is 15.7. The van der Waals surface area contributed by atoms with Gasteiger partial charge in [0.15, 0.2) is 0 Å². The molecule has 0 aliphatic heterocycles. The van der Waals surface area contributed by atoms with Gasteiger partial charge in [0, 0.05) is 24.5 Å². The molecule has 0 radical (unpaired) electrons. The Kier molecular flexibility index (Phi) is 7.02. The summed E-state index contributed by atoms with van der Waals surface area (Å²) in [6.45, 7) is 11.4. The van der Waals surface area contributed by atoms with Crippen LogP contribution in [0.4, 0.5) is 11.4 Å². The summed E-state index contributed by atoms with van der Waals surface area (Å²) >= 11 is 0. The fraction of sp³-hybridized carbons (Fsp3) is 0.562. The monoisotopic (exact) mass is 293 g/mol. The first-order valence-electron chi connectivity index (χ1n) is 7.63. The van der Waals surface area contributed by atoms with E-state index >= 15 is 0 Å². The number of carboxylic acids is 1. The van der Waals surface area contributed by atoms with Gasteiger partial charge in [-0.2, -0.15) is 0 Å². The van der Waals surface area contributed by atoms with E-state index in [1.165, 1.54) is 0 Å². The first kappa shape index (κ1) is 17.3. The molecule has 0 unspecified atom stereocenters. The van der Waals surface area contributed by atoms with Gasteiger partial charge in [-0.25, -0.2) is 4.79 Å². The highest BCUT2D eigenvalue weighted by atomic mass is 16.4. The molecule has 0 fully saturated rings. The van der Waals surface area contributed by atoms with Gasteiger partial charge in [0.2, 0.25) is 0 Å². The fourth-order valence-electron chi connectivity index (χ4n) is 2.42. The van der Waals surface area contributed by atoms with Crippen LogP contribution in [-0.2, 0) is 0 Å². The number of anilines is 2. The third kappa shape index (κ3) is 4.93. The van der Waals surface area contributed by atoms with E-state index in [0.29, 0.717) is 5.69 Å². The molecule has 0 saturated carbocycles. The molecule has 0 amide bonds. The lowest BCUT2D eigenvalue weighted by Crippen LogP contribution is -2.30. The summed E-state index contributed by atoms with van der Waals surface area (Å²) in [6, 6.07) is 5.23. The van der Waals surface area contributed by atoms with Crippen molar-refractivity contribution in [3.63, 3.8) is 0 Å². The number of nitrogens with zero attached hydrogens (tertiary/aromatic N) is 2. The van der Waals surface area contributed by atoms with Gasteiger partial charge in [-0.1, -0.05) is 13.8 Å². The third-order valence-corrected chi connectivity index (χ3v) is 3.81. The van der Waals surface area contributed by atoms with E-state index < -0.39 is 5.97 Å². The maximum Gasteiger partial charge on any atom is 0.337 e. The van der Waals surface area contributed by atoms with Crippen molar-refractivity contribution in [2.24, 2.45) is 0 Å². The van der Waals surface area contributed by atoms with E-state index in [1.807, 2.05) is 6.07 Å². The second kappa shape index (κ2) is 8.52. The summed E-state index contributed by atoms with van der Waals surface area (Å²) in [5, 5.41) is 9.15. The lowest BCUT2D eigenvalue weighted by atomic mass is 10.1. The molecule has 0 heterocycles. The van der Waals surface area contributed by atoms with Crippen LogP contribution in [0.1, 0.15) is 37.6 Å². The highest BCUT2D eigenvalue weighted by molar-refractivity contribution is 5.94. The normalized spacial score (nSPS) is 10.9. The van der Waals surface area contributed by atoms with Crippen LogP contribution in [0.2, 0.25) is 0 Å². The van der Waals surface area contributed by atoms with Crippen molar-refractivity contribution >= 4 is 17.3 Å². The first-order valence-corrected chi connectivity index (χ1v) is 7.63. The Balaban J connectivity index is 2.72. The van der Waals surface area contributed by atoms with Crippen molar-refractivity contribution < 1.29 is 9.90 Å². The maximum atomic E-state index is 11.2. The van der Waals surface area contributed by atoms with Crippen LogP contribution in [0.15, 0.2) is 18.2 Å². The van der Waals surface area contributed by atoms with Crippen LogP contribution in [-0.4, -0.2) is 48.7 Å². The molecular formula is C16H27N3O2. The summed E-state index contributed by atoms with van der Waals surface area (Å²) in [5.74, 6) is -0.978. The molecule has 0 atom stereocenters. The van der Waals surface area contributed by atoms with E-state index in [4.69, 9.17) is 10.8 Å². The Morgan fingerprint density at radius 1 is 1.14 bits per heavy atom. The van der Waals surface area contributed by atoms with Gasteiger partial charge in [-0.3, -0.25) is 0 Å². The predicted octanol–water partition coefficient (Wildman–Crippen LogP) is 2.53. The topological polar surface area (TPSA) is 69.8 Å². The standard InChI is InChI=1S/C16H27N3O2/c1-4-18(5-2)10-7-11-19(6-3)13-8-9-15(17)14(12-13)16(20)21/h8-9,12H,4-7,10-11,17H2,1-3H3,(H,20,21). The molecular weight excluding hydrogens is 266 g/mol. The van der Waals surface area contributed by atoms with Crippen molar-refractivity contribution in [1.29, 1.82) is 0 Å². The van der Waals surface area contributed by atoms with Gasteiger partial charge in [-0.05, 0) is 51.2 Å². The average molecular weight is 293 g/mol. The maximum absolute atomic E-state index is 11.2. The molecule has 0 saturated heterocycles. The lowest BCUT2D eigenvalue weighted by molar-refractivity contribution is 0.0698. The number of carboxylic acid groups (broad SMARTS) is 1. The van der Waals surface area contributed by atoms with E-state index in [9.17, 15) is 4.79 Å². The zero-order valence-corrected chi connectivity index (χ0v) is 13.3. The Bertz CT molecular complexity index is 459. The summed E-state index contributed by atoms with van der Waals surface area (Å²) < 4.78 is 0. The number of carbonyl (C=O) groups is 1. The quantitative estimate of drug-likeness (QED) is 0.685. The molecule has 1 aromatic carbocycles. The second-order valence-electron chi connectivity index (χ2n) is 5.04. The molecule has 0 aliphatic carbocycles. The molecule has 21 heavy (non-hydrogen) atoms. The van der Waals surface area contributed by atoms with Gasteiger partial charge < -0.3 is 20.6 Å². The van der Waals surface area contributed by atoms with Gasteiger partial charge in [0.1, 0.15) is 0 Å². The van der Waals surface area contributed by atoms with Gasteiger partial charge in [0.05, 0.1) is 5.56 Å². The molecule has 0 aliphatic rings. The minimum absolute atomic E-state index is 0.176. The van der Waals surface area contributed by atoms with Crippen molar-refractivity contribution in [1.82, 2.24) is 4.90 Å². The van der Waals surface area contributed by atoms with E-state index in [2.05, 4.69) is 30.6 Å². The lowest BCUT2D eigenvalue weighted by Gasteiger charge is -2.25. The number of hydrogen-bond acceptors (Lipinski definition) is 4.